The van der Waals surface area contributed by atoms with Crippen LogP contribution >= 0.6 is 0 Å². The molecule has 1 unspecified atom stereocenters. The average molecular weight is 270 g/mol. The van der Waals surface area contributed by atoms with Crippen LogP contribution in [0, 0.1) is 23.3 Å². The summed E-state index contributed by atoms with van der Waals surface area (Å²) in [4.78, 5) is 0. The summed E-state index contributed by atoms with van der Waals surface area (Å²) in [5.74, 6) is 1.45. The molecule has 2 aromatic carbocycles. The Kier molecular flexibility index (Phi) is 3.82. The molecule has 0 heterocycles. The quantitative estimate of drug-likeness (QED) is 0.511. The van der Waals surface area contributed by atoms with Crippen LogP contribution in [0.4, 0.5) is 17.6 Å². The van der Waals surface area contributed by atoms with Crippen molar-refractivity contribution in [3.63, 3.8) is 0 Å². The first-order valence-electron chi connectivity index (χ1n) is 5.39. The third-order valence-corrected chi connectivity index (χ3v) is 2.73. The predicted molar refractivity (Wildman–Crippen MR) is 61.9 cm³/mol. The topological polar surface area (TPSA) is 38.0 Å². The Labute approximate surface area is 106 Å². The smallest absolute Gasteiger partial charge is 0.159 e. The van der Waals surface area contributed by atoms with Crippen molar-refractivity contribution in [2.24, 2.45) is 5.84 Å². The zero-order valence-corrected chi connectivity index (χ0v) is 9.63. The van der Waals surface area contributed by atoms with Crippen molar-refractivity contribution >= 4 is 0 Å². The highest BCUT2D eigenvalue weighted by Crippen LogP contribution is 2.27. The maximum absolute atomic E-state index is 13.6. The lowest BCUT2D eigenvalue weighted by Gasteiger charge is -2.18. The van der Waals surface area contributed by atoms with Gasteiger partial charge in [0.1, 0.15) is 11.6 Å². The first-order valence-corrected chi connectivity index (χ1v) is 5.39. The minimum atomic E-state index is -1.12. The van der Waals surface area contributed by atoms with E-state index in [2.05, 4.69) is 5.43 Å². The summed E-state index contributed by atoms with van der Waals surface area (Å²) in [6.45, 7) is 0. The Bertz CT molecular complexity index is 581. The second kappa shape index (κ2) is 5.38. The summed E-state index contributed by atoms with van der Waals surface area (Å²) < 4.78 is 53.3. The van der Waals surface area contributed by atoms with Gasteiger partial charge in [0, 0.05) is 5.56 Å². The van der Waals surface area contributed by atoms with Crippen LogP contribution in [0.1, 0.15) is 17.2 Å². The van der Waals surface area contributed by atoms with E-state index in [4.69, 9.17) is 5.84 Å². The number of hydrogen-bond donors (Lipinski definition) is 2. The van der Waals surface area contributed by atoms with E-state index in [1.54, 1.807) is 0 Å². The van der Waals surface area contributed by atoms with Gasteiger partial charge in [-0.25, -0.2) is 23.0 Å². The van der Waals surface area contributed by atoms with Crippen LogP contribution in [0.3, 0.4) is 0 Å². The number of benzene rings is 2. The second-order valence-electron chi connectivity index (χ2n) is 3.91. The van der Waals surface area contributed by atoms with Crippen molar-refractivity contribution in [3.05, 3.63) is 70.8 Å². The number of hydrazine groups is 1. The summed E-state index contributed by atoms with van der Waals surface area (Å²) in [5.41, 5.74) is 1.96. The lowest BCUT2D eigenvalue weighted by molar-refractivity contribution is 0.493. The molecule has 0 fully saturated rings. The van der Waals surface area contributed by atoms with E-state index < -0.39 is 29.3 Å². The molecule has 0 spiro atoms. The molecule has 2 rings (SSSR count). The van der Waals surface area contributed by atoms with Crippen LogP contribution in [0.15, 0.2) is 36.4 Å². The molecule has 0 aromatic heterocycles. The van der Waals surface area contributed by atoms with Crippen molar-refractivity contribution in [1.29, 1.82) is 0 Å². The Morgan fingerprint density at radius 3 is 2.00 bits per heavy atom. The van der Waals surface area contributed by atoms with Gasteiger partial charge in [0.15, 0.2) is 11.6 Å². The molecule has 1 atom stereocenters. The van der Waals surface area contributed by atoms with Gasteiger partial charge in [-0.3, -0.25) is 5.84 Å². The number of rotatable bonds is 3. The zero-order valence-electron chi connectivity index (χ0n) is 9.63. The van der Waals surface area contributed by atoms with E-state index in [9.17, 15) is 17.6 Å². The maximum atomic E-state index is 13.6. The van der Waals surface area contributed by atoms with Crippen LogP contribution in [0.2, 0.25) is 0 Å². The monoisotopic (exact) mass is 270 g/mol. The standard InChI is InChI=1S/C13H10F4N2/c14-8-5-4-7(6-11(8)17)13(19-18)12-9(15)2-1-3-10(12)16/h1-6,13,19H,18H2. The van der Waals surface area contributed by atoms with E-state index in [-0.39, 0.29) is 11.1 Å². The molecule has 19 heavy (non-hydrogen) atoms. The Morgan fingerprint density at radius 1 is 0.842 bits per heavy atom. The normalized spacial score (nSPS) is 12.5. The van der Waals surface area contributed by atoms with Crippen LogP contribution in [-0.4, -0.2) is 0 Å². The summed E-state index contributed by atoms with van der Waals surface area (Å²) in [7, 11) is 0. The molecule has 100 valence electrons. The Balaban J connectivity index is 2.53. The van der Waals surface area contributed by atoms with Gasteiger partial charge in [0.05, 0.1) is 6.04 Å². The van der Waals surface area contributed by atoms with Crippen molar-refractivity contribution in [1.82, 2.24) is 5.43 Å². The highest BCUT2D eigenvalue weighted by molar-refractivity contribution is 5.34. The summed E-state index contributed by atoms with van der Waals surface area (Å²) in [6.07, 6.45) is 0. The highest BCUT2D eigenvalue weighted by Gasteiger charge is 2.21. The molecule has 0 amide bonds. The van der Waals surface area contributed by atoms with Gasteiger partial charge in [-0.15, -0.1) is 0 Å². The molecule has 0 aliphatic heterocycles. The number of nitrogens with two attached hydrogens (primary N) is 1. The molecule has 2 nitrogen and oxygen atoms in total. The summed E-state index contributed by atoms with van der Waals surface area (Å²) in [5, 5.41) is 0. The van der Waals surface area contributed by atoms with Gasteiger partial charge < -0.3 is 0 Å². The second-order valence-corrected chi connectivity index (χ2v) is 3.91. The minimum absolute atomic E-state index is 0.116. The molecule has 3 N–H and O–H groups in total. The third kappa shape index (κ3) is 2.59. The molecule has 0 saturated carbocycles. The molecular weight excluding hydrogens is 260 g/mol. The van der Waals surface area contributed by atoms with Gasteiger partial charge in [0.2, 0.25) is 0 Å². The van der Waals surface area contributed by atoms with Crippen molar-refractivity contribution in [2.45, 2.75) is 6.04 Å². The largest absolute Gasteiger partial charge is 0.271 e. The predicted octanol–water partition coefficient (Wildman–Crippen LogP) is 2.80. The van der Waals surface area contributed by atoms with E-state index in [0.717, 1.165) is 24.3 Å². The summed E-state index contributed by atoms with van der Waals surface area (Å²) in [6, 6.07) is 5.11. The van der Waals surface area contributed by atoms with Crippen LogP contribution in [0.5, 0.6) is 0 Å². The molecule has 0 saturated heterocycles. The first kappa shape index (κ1) is 13.5. The number of halogens is 4. The highest BCUT2D eigenvalue weighted by atomic mass is 19.2. The van der Waals surface area contributed by atoms with Crippen molar-refractivity contribution < 1.29 is 17.6 Å². The lowest BCUT2D eigenvalue weighted by atomic mass is 9.98. The third-order valence-electron chi connectivity index (χ3n) is 2.73. The SMILES string of the molecule is NNC(c1ccc(F)c(F)c1)c1c(F)cccc1F. The Hall–Kier alpha value is -1.92. The molecule has 2 aromatic rings. The molecule has 0 radical (unpaired) electrons. The Morgan fingerprint density at radius 2 is 1.47 bits per heavy atom. The van der Waals surface area contributed by atoms with Crippen LogP contribution < -0.4 is 11.3 Å². The van der Waals surface area contributed by atoms with E-state index in [0.29, 0.717) is 0 Å². The van der Waals surface area contributed by atoms with Crippen LogP contribution in [0.25, 0.3) is 0 Å². The van der Waals surface area contributed by atoms with E-state index in [1.165, 1.54) is 12.1 Å². The maximum Gasteiger partial charge on any atom is 0.159 e. The molecule has 0 bridgehead atoms. The number of hydrogen-bond acceptors (Lipinski definition) is 2. The lowest BCUT2D eigenvalue weighted by Crippen LogP contribution is -2.30. The van der Waals surface area contributed by atoms with Gasteiger partial charge in [-0.05, 0) is 29.8 Å². The molecule has 6 heteroatoms. The molecular formula is C13H10F4N2. The average Bonchev–Trinajstić information content (AvgIpc) is 2.37. The van der Waals surface area contributed by atoms with Gasteiger partial charge in [-0.1, -0.05) is 12.1 Å². The summed E-state index contributed by atoms with van der Waals surface area (Å²) >= 11 is 0. The fraction of sp³-hybridized carbons (Fsp3) is 0.0769. The first-order chi connectivity index (χ1) is 9.04. The van der Waals surface area contributed by atoms with Gasteiger partial charge in [0.25, 0.3) is 0 Å². The van der Waals surface area contributed by atoms with Crippen LogP contribution in [-0.2, 0) is 0 Å². The minimum Gasteiger partial charge on any atom is -0.271 e. The van der Waals surface area contributed by atoms with Gasteiger partial charge in [-0.2, -0.15) is 0 Å². The molecule has 0 aliphatic rings. The number of nitrogens with one attached hydrogen (secondary N) is 1. The van der Waals surface area contributed by atoms with E-state index >= 15 is 0 Å². The fourth-order valence-corrected chi connectivity index (χ4v) is 1.82. The van der Waals surface area contributed by atoms with Gasteiger partial charge >= 0.3 is 0 Å². The molecule has 0 aliphatic carbocycles. The van der Waals surface area contributed by atoms with Crippen molar-refractivity contribution in [2.75, 3.05) is 0 Å². The zero-order chi connectivity index (χ0) is 14.0. The van der Waals surface area contributed by atoms with E-state index in [1.807, 2.05) is 0 Å². The fourth-order valence-electron chi connectivity index (χ4n) is 1.82. The van der Waals surface area contributed by atoms with Crippen molar-refractivity contribution in [3.8, 4) is 0 Å².